The molecule has 2 aromatic carbocycles. The molecule has 0 amide bonds. The summed E-state index contributed by atoms with van der Waals surface area (Å²) in [6, 6.07) is 14.9. The number of aromatic nitrogens is 1. The van der Waals surface area contributed by atoms with Crippen molar-refractivity contribution in [2.75, 3.05) is 6.54 Å². The Balaban J connectivity index is 1.86. The fourth-order valence-electron chi connectivity index (χ4n) is 3.10. The van der Waals surface area contributed by atoms with Crippen LogP contribution in [-0.4, -0.2) is 16.9 Å². The average molecular weight is 363 g/mol. The second-order valence-corrected chi connectivity index (χ2v) is 6.89. The van der Waals surface area contributed by atoms with E-state index in [4.69, 9.17) is 5.10 Å². The first-order valence-corrected chi connectivity index (χ1v) is 9.38. The quantitative estimate of drug-likeness (QED) is 0.605. The molecule has 0 aliphatic heterocycles. The molecule has 0 saturated heterocycles. The van der Waals surface area contributed by atoms with Gasteiger partial charge in [0, 0.05) is 16.5 Å². The predicted molar refractivity (Wildman–Crippen MR) is 105 cm³/mol. The van der Waals surface area contributed by atoms with E-state index < -0.39 is 0 Å². The summed E-state index contributed by atoms with van der Waals surface area (Å²) < 4.78 is 15.2. The minimum atomic E-state index is -0.247. The Hall–Kier alpha value is -2.79. The van der Waals surface area contributed by atoms with Gasteiger partial charge in [-0.25, -0.2) is 9.07 Å². The molecule has 1 aliphatic rings. The van der Waals surface area contributed by atoms with Crippen LogP contribution in [0.1, 0.15) is 17.5 Å². The first-order valence-electron chi connectivity index (χ1n) is 8.50. The highest BCUT2D eigenvalue weighted by atomic mass is 32.1. The minimum Gasteiger partial charge on any atom is -0.253 e. The van der Waals surface area contributed by atoms with Crippen LogP contribution in [-0.2, 0) is 6.42 Å². The Morgan fingerprint density at radius 3 is 2.73 bits per heavy atom. The highest BCUT2D eigenvalue weighted by molar-refractivity contribution is 7.07. The Morgan fingerprint density at radius 1 is 1.12 bits per heavy atom. The first-order chi connectivity index (χ1) is 12.8. The van der Waals surface area contributed by atoms with E-state index in [0.717, 1.165) is 34.6 Å². The molecule has 0 saturated carbocycles. The minimum absolute atomic E-state index is 0.247. The van der Waals surface area contributed by atoms with E-state index >= 15 is 0 Å². The first kappa shape index (κ1) is 16.7. The van der Waals surface area contributed by atoms with Gasteiger partial charge in [-0.05, 0) is 42.7 Å². The second kappa shape index (κ2) is 7.22. The number of benzene rings is 2. The molecule has 1 heterocycles. The summed E-state index contributed by atoms with van der Waals surface area (Å²) in [6.45, 7) is 4.27. The molecular weight excluding hydrogens is 345 g/mol. The molecule has 130 valence electrons. The van der Waals surface area contributed by atoms with Gasteiger partial charge in [0.2, 0.25) is 4.80 Å². The summed E-state index contributed by atoms with van der Waals surface area (Å²) in [6.07, 6.45) is 3.68. The van der Waals surface area contributed by atoms with Crippen LogP contribution in [0.25, 0.3) is 11.3 Å². The highest BCUT2D eigenvalue weighted by Crippen LogP contribution is 2.25. The number of rotatable bonds is 4. The zero-order valence-electron chi connectivity index (χ0n) is 14.2. The molecule has 0 bridgehead atoms. The summed E-state index contributed by atoms with van der Waals surface area (Å²) in [5, 5.41) is 6.95. The van der Waals surface area contributed by atoms with E-state index in [1.165, 1.54) is 34.6 Å². The third-order valence-electron chi connectivity index (χ3n) is 4.36. The summed E-state index contributed by atoms with van der Waals surface area (Å²) in [5.41, 5.74) is 5.41. The van der Waals surface area contributed by atoms with E-state index in [1.807, 2.05) is 16.1 Å². The standard InChI is InChI=1S/C21H18FN3S/c1-2-13-23-21-25(20(14-26-21)16-7-10-17(22)11-8-16)24-19-12-9-15-5-3-4-6-18(15)19/h2-8,10-11,14H,1,9,12-13H2. The predicted octanol–water partition coefficient (Wildman–Crippen LogP) is 4.64. The third kappa shape index (κ3) is 3.18. The maximum atomic E-state index is 13.3. The summed E-state index contributed by atoms with van der Waals surface area (Å²) in [7, 11) is 0. The smallest absolute Gasteiger partial charge is 0.206 e. The van der Waals surface area contributed by atoms with Gasteiger partial charge in [-0.2, -0.15) is 5.10 Å². The van der Waals surface area contributed by atoms with Gasteiger partial charge in [0.1, 0.15) is 5.82 Å². The molecular formula is C21H18FN3S. The van der Waals surface area contributed by atoms with Crippen LogP contribution >= 0.6 is 11.3 Å². The maximum absolute atomic E-state index is 13.3. The van der Waals surface area contributed by atoms with Crippen molar-refractivity contribution in [1.82, 2.24) is 4.68 Å². The van der Waals surface area contributed by atoms with Crippen LogP contribution in [0.3, 0.4) is 0 Å². The van der Waals surface area contributed by atoms with Gasteiger partial charge in [-0.1, -0.05) is 30.3 Å². The summed E-state index contributed by atoms with van der Waals surface area (Å²) >= 11 is 1.53. The average Bonchev–Trinajstić information content (AvgIpc) is 3.26. The van der Waals surface area contributed by atoms with E-state index in [9.17, 15) is 4.39 Å². The van der Waals surface area contributed by atoms with E-state index in [0.29, 0.717) is 6.54 Å². The molecule has 1 aromatic heterocycles. The van der Waals surface area contributed by atoms with Crippen LogP contribution in [0.15, 0.2) is 76.7 Å². The molecule has 0 spiro atoms. The number of hydrogen-bond donors (Lipinski definition) is 0. The molecule has 0 atom stereocenters. The normalized spacial score (nSPS) is 15.4. The lowest BCUT2D eigenvalue weighted by atomic mass is 10.1. The van der Waals surface area contributed by atoms with Crippen LogP contribution in [0, 0.1) is 5.82 Å². The Bertz CT molecular complexity index is 1040. The molecule has 4 rings (SSSR count). The summed E-state index contributed by atoms with van der Waals surface area (Å²) in [4.78, 5) is 5.38. The Morgan fingerprint density at radius 2 is 1.92 bits per heavy atom. The molecule has 5 heteroatoms. The SMILES string of the molecule is C=CCN=c1scc(-c2ccc(F)cc2)n1N=C1CCc2ccccc21. The lowest BCUT2D eigenvalue weighted by Crippen LogP contribution is -2.14. The topological polar surface area (TPSA) is 29.6 Å². The van der Waals surface area contributed by atoms with Gasteiger partial charge < -0.3 is 0 Å². The molecule has 0 fully saturated rings. The number of halogens is 1. The molecule has 26 heavy (non-hydrogen) atoms. The van der Waals surface area contributed by atoms with Crippen molar-refractivity contribution >= 4 is 17.0 Å². The molecule has 1 aliphatic carbocycles. The van der Waals surface area contributed by atoms with Gasteiger partial charge in [-0.15, -0.1) is 17.9 Å². The van der Waals surface area contributed by atoms with Gasteiger partial charge in [0.05, 0.1) is 18.0 Å². The molecule has 3 nitrogen and oxygen atoms in total. The van der Waals surface area contributed by atoms with Crippen molar-refractivity contribution in [1.29, 1.82) is 0 Å². The van der Waals surface area contributed by atoms with Crippen molar-refractivity contribution in [2.45, 2.75) is 12.8 Å². The number of fused-ring (bicyclic) bond motifs is 1. The fraction of sp³-hybridized carbons (Fsp3) is 0.143. The van der Waals surface area contributed by atoms with Gasteiger partial charge in [0.25, 0.3) is 0 Å². The Kier molecular flexibility index (Phi) is 4.63. The monoisotopic (exact) mass is 363 g/mol. The van der Waals surface area contributed by atoms with E-state index in [1.54, 1.807) is 18.2 Å². The number of aryl methyl sites for hydroxylation is 1. The van der Waals surface area contributed by atoms with Crippen molar-refractivity contribution in [3.8, 4) is 11.3 Å². The van der Waals surface area contributed by atoms with Crippen molar-refractivity contribution in [2.24, 2.45) is 10.1 Å². The largest absolute Gasteiger partial charge is 0.253 e. The lowest BCUT2D eigenvalue weighted by molar-refractivity contribution is 0.628. The van der Waals surface area contributed by atoms with Crippen LogP contribution < -0.4 is 4.80 Å². The zero-order chi connectivity index (χ0) is 17.9. The lowest BCUT2D eigenvalue weighted by Gasteiger charge is -2.06. The third-order valence-corrected chi connectivity index (χ3v) is 5.22. The summed E-state index contributed by atoms with van der Waals surface area (Å²) in [5.74, 6) is -0.247. The number of hydrogen-bond acceptors (Lipinski definition) is 3. The van der Waals surface area contributed by atoms with Crippen molar-refractivity contribution in [3.05, 3.63) is 88.3 Å². The highest BCUT2D eigenvalue weighted by Gasteiger charge is 2.18. The Labute approximate surface area is 155 Å². The maximum Gasteiger partial charge on any atom is 0.206 e. The molecule has 0 radical (unpaired) electrons. The molecule has 3 aromatic rings. The number of nitrogens with zero attached hydrogens (tertiary/aromatic N) is 3. The molecule has 0 unspecified atom stereocenters. The van der Waals surface area contributed by atoms with Crippen LogP contribution in [0.4, 0.5) is 4.39 Å². The van der Waals surface area contributed by atoms with Crippen molar-refractivity contribution in [3.63, 3.8) is 0 Å². The second-order valence-electron chi connectivity index (χ2n) is 6.06. The van der Waals surface area contributed by atoms with E-state index in [2.05, 4.69) is 29.8 Å². The van der Waals surface area contributed by atoms with E-state index in [-0.39, 0.29) is 5.82 Å². The molecule has 0 N–H and O–H groups in total. The van der Waals surface area contributed by atoms with Crippen molar-refractivity contribution < 1.29 is 4.39 Å². The van der Waals surface area contributed by atoms with Crippen LogP contribution in [0.2, 0.25) is 0 Å². The number of thiazole rings is 1. The fourth-order valence-corrected chi connectivity index (χ4v) is 3.94. The van der Waals surface area contributed by atoms with Crippen LogP contribution in [0.5, 0.6) is 0 Å². The van der Waals surface area contributed by atoms with Gasteiger partial charge >= 0.3 is 0 Å². The van der Waals surface area contributed by atoms with Gasteiger partial charge in [-0.3, -0.25) is 4.99 Å². The zero-order valence-corrected chi connectivity index (χ0v) is 15.0. The van der Waals surface area contributed by atoms with Gasteiger partial charge in [0.15, 0.2) is 0 Å².